The van der Waals surface area contributed by atoms with E-state index < -0.39 is 6.03 Å². The van der Waals surface area contributed by atoms with Crippen LogP contribution in [-0.2, 0) is 11.3 Å². The maximum atomic E-state index is 12.4. The van der Waals surface area contributed by atoms with E-state index in [-0.39, 0.29) is 18.1 Å². The monoisotopic (exact) mass is 438 g/mol. The smallest absolute Gasteiger partial charge is 0.329 e. The average Bonchev–Trinajstić information content (AvgIpc) is 2.93. The molecule has 23 heavy (non-hydrogen) atoms. The molecule has 3 rings (SSSR count). The Morgan fingerprint density at radius 3 is 2.70 bits per heavy atom. The number of nitrogens with zero attached hydrogens (tertiary/aromatic N) is 1. The van der Waals surface area contributed by atoms with Crippen molar-refractivity contribution >= 4 is 49.9 Å². The first-order chi connectivity index (χ1) is 10.9. The Labute approximate surface area is 149 Å². The molecule has 1 N–H and O–H groups in total. The Bertz CT molecular complexity index is 807. The van der Waals surface area contributed by atoms with Crippen LogP contribution in [0.3, 0.4) is 0 Å². The molecule has 2 aromatic rings. The number of carbonyl (C=O) groups is 2. The van der Waals surface area contributed by atoms with Gasteiger partial charge in [0, 0.05) is 6.08 Å². The molecule has 5 nitrogen and oxygen atoms in total. The summed E-state index contributed by atoms with van der Waals surface area (Å²) in [6.07, 6.45) is 1.51. The Hall–Kier alpha value is -1.86. The third-order valence-corrected chi connectivity index (χ3v) is 5.05. The zero-order valence-corrected chi connectivity index (χ0v) is 15.3. The van der Waals surface area contributed by atoms with Crippen LogP contribution in [0, 0.1) is 6.92 Å². The van der Waals surface area contributed by atoms with E-state index in [2.05, 4.69) is 37.2 Å². The molecule has 1 fully saturated rings. The third-order valence-electron chi connectivity index (χ3n) is 3.34. The van der Waals surface area contributed by atoms with Crippen molar-refractivity contribution in [2.75, 3.05) is 0 Å². The zero-order chi connectivity index (χ0) is 16.6. The molecular formula is C16H12Br2N2O3. The summed E-state index contributed by atoms with van der Waals surface area (Å²) in [5.41, 5.74) is 2.17. The predicted molar refractivity (Wildman–Crippen MR) is 92.3 cm³/mol. The Morgan fingerprint density at radius 2 is 2.04 bits per heavy atom. The van der Waals surface area contributed by atoms with Gasteiger partial charge in [0.1, 0.15) is 11.5 Å². The molecule has 0 spiro atoms. The maximum Gasteiger partial charge on any atom is 0.329 e. The lowest BCUT2D eigenvalue weighted by atomic mass is 10.1. The molecule has 0 radical (unpaired) electrons. The summed E-state index contributed by atoms with van der Waals surface area (Å²) in [6, 6.07) is 8.97. The molecule has 2 heterocycles. The Kier molecular flexibility index (Phi) is 4.41. The number of carbonyl (C=O) groups excluding carboxylic acids is 2. The van der Waals surface area contributed by atoms with Crippen LogP contribution in [-0.4, -0.2) is 16.8 Å². The number of aryl methyl sites for hydroxylation is 1. The van der Waals surface area contributed by atoms with Crippen LogP contribution in [0.5, 0.6) is 0 Å². The molecule has 0 bridgehead atoms. The van der Waals surface area contributed by atoms with Crippen molar-refractivity contribution in [3.63, 3.8) is 0 Å². The first-order valence-electron chi connectivity index (χ1n) is 6.79. The zero-order valence-electron chi connectivity index (χ0n) is 12.1. The minimum absolute atomic E-state index is 0.191. The molecule has 1 aliphatic rings. The van der Waals surface area contributed by atoms with Crippen LogP contribution in [0.25, 0.3) is 6.08 Å². The van der Waals surface area contributed by atoms with Gasteiger partial charge in [-0.05, 0) is 50.4 Å². The number of imide groups is 1. The van der Waals surface area contributed by atoms with Crippen molar-refractivity contribution in [2.24, 2.45) is 0 Å². The van der Waals surface area contributed by atoms with Crippen LogP contribution in [0.2, 0.25) is 0 Å². The Balaban J connectivity index is 1.82. The van der Waals surface area contributed by atoms with Gasteiger partial charge in [0.15, 0.2) is 4.67 Å². The molecule has 1 aromatic carbocycles. The number of nitrogens with one attached hydrogen (secondary N) is 1. The van der Waals surface area contributed by atoms with Gasteiger partial charge < -0.3 is 9.73 Å². The maximum absolute atomic E-state index is 12.4. The second kappa shape index (κ2) is 6.33. The van der Waals surface area contributed by atoms with Gasteiger partial charge in [-0.15, -0.1) is 0 Å². The fourth-order valence-electron chi connectivity index (χ4n) is 2.28. The summed E-state index contributed by atoms with van der Waals surface area (Å²) in [5, 5.41) is 2.57. The van der Waals surface area contributed by atoms with E-state index in [0.717, 1.165) is 15.6 Å². The fourth-order valence-corrected chi connectivity index (χ4v) is 2.89. The van der Waals surface area contributed by atoms with Gasteiger partial charge in [0.25, 0.3) is 5.91 Å². The van der Waals surface area contributed by atoms with Crippen molar-refractivity contribution in [1.29, 1.82) is 0 Å². The number of halogens is 2. The molecule has 0 unspecified atom stereocenters. The van der Waals surface area contributed by atoms with Gasteiger partial charge in [-0.1, -0.05) is 29.8 Å². The van der Waals surface area contributed by atoms with Gasteiger partial charge in [0.2, 0.25) is 0 Å². The van der Waals surface area contributed by atoms with E-state index in [1.165, 1.54) is 11.0 Å². The van der Waals surface area contributed by atoms with E-state index in [4.69, 9.17) is 4.42 Å². The molecule has 1 aromatic heterocycles. The summed E-state index contributed by atoms with van der Waals surface area (Å²) < 4.78 is 6.66. The van der Waals surface area contributed by atoms with Crippen molar-refractivity contribution < 1.29 is 14.0 Å². The highest BCUT2D eigenvalue weighted by atomic mass is 79.9. The molecule has 7 heteroatoms. The van der Waals surface area contributed by atoms with Crippen LogP contribution in [0.1, 0.15) is 16.9 Å². The van der Waals surface area contributed by atoms with E-state index in [9.17, 15) is 9.59 Å². The lowest BCUT2D eigenvalue weighted by Crippen LogP contribution is -2.30. The second-order valence-corrected chi connectivity index (χ2v) is 6.71. The highest BCUT2D eigenvalue weighted by Gasteiger charge is 2.33. The molecule has 3 amide bonds. The number of urea groups is 1. The molecule has 118 valence electrons. The van der Waals surface area contributed by atoms with Crippen LogP contribution < -0.4 is 5.32 Å². The van der Waals surface area contributed by atoms with Crippen LogP contribution >= 0.6 is 31.9 Å². The largest absolute Gasteiger partial charge is 0.449 e. The molecular weight excluding hydrogens is 428 g/mol. The summed E-state index contributed by atoms with van der Waals surface area (Å²) in [6.45, 7) is 2.20. The van der Waals surface area contributed by atoms with Crippen LogP contribution in [0.4, 0.5) is 4.79 Å². The number of hydrogen-bond acceptors (Lipinski definition) is 3. The number of hydrogen-bond donors (Lipinski definition) is 1. The molecule has 0 atom stereocenters. The highest BCUT2D eigenvalue weighted by Crippen LogP contribution is 2.28. The minimum Gasteiger partial charge on any atom is -0.449 e. The molecule has 1 saturated heterocycles. The first-order valence-corrected chi connectivity index (χ1v) is 8.37. The average molecular weight is 440 g/mol. The number of benzene rings is 1. The van der Waals surface area contributed by atoms with Gasteiger partial charge in [-0.3, -0.25) is 9.69 Å². The van der Waals surface area contributed by atoms with Crippen molar-refractivity contribution in [3.05, 3.63) is 62.1 Å². The topological polar surface area (TPSA) is 62.6 Å². The van der Waals surface area contributed by atoms with Gasteiger partial charge >= 0.3 is 6.03 Å². The van der Waals surface area contributed by atoms with Crippen LogP contribution in [0.15, 0.2) is 49.6 Å². The number of rotatable bonds is 3. The fraction of sp³-hybridized carbons (Fsp3) is 0.125. The van der Waals surface area contributed by atoms with Gasteiger partial charge in [0.05, 0.1) is 11.0 Å². The quantitative estimate of drug-likeness (QED) is 0.575. The minimum atomic E-state index is -0.438. The second-order valence-electron chi connectivity index (χ2n) is 5.14. The van der Waals surface area contributed by atoms with E-state index in [1.54, 1.807) is 6.07 Å². The van der Waals surface area contributed by atoms with E-state index >= 15 is 0 Å². The van der Waals surface area contributed by atoms with E-state index in [0.29, 0.717) is 10.4 Å². The normalized spacial score (nSPS) is 16.3. The summed E-state index contributed by atoms with van der Waals surface area (Å²) >= 11 is 6.53. The summed E-state index contributed by atoms with van der Waals surface area (Å²) in [5.74, 6) is 0.0879. The lowest BCUT2D eigenvalue weighted by Gasteiger charge is -2.12. The van der Waals surface area contributed by atoms with Crippen molar-refractivity contribution in [2.45, 2.75) is 13.5 Å². The number of amides is 3. The summed E-state index contributed by atoms with van der Waals surface area (Å²) in [4.78, 5) is 25.6. The van der Waals surface area contributed by atoms with Gasteiger partial charge in [-0.2, -0.15) is 0 Å². The first kappa shape index (κ1) is 16.0. The predicted octanol–water partition coefficient (Wildman–Crippen LogP) is 4.21. The lowest BCUT2D eigenvalue weighted by molar-refractivity contribution is -0.123. The standard InChI is InChI=1S/C16H12Br2N2O3/c1-9-3-2-4-10(5-9)8-20-15(21)13(19-16(20)22)7-11-6-12(17)14(18)23-11/h2-7H,8H2,1H3,(H,19,22)/b13-7+. The van der Waals surface area contributed by atoms with Gasteiger partial charge in [-0.25, -0.2) is 4.79 Å². The van der Waals surface area contributed by atoms with Crippen molar-refractivity contribution in [3.8, 4) is 0 Å². The molecule has 0 aliphatic carbocycles. The van der Waals surface area contributed by atoms with E-state index in [1.807, 2.05) is 31.2 Å². The molecule has 1 aliphatic heterocycles. The third kappa shape index (κ3) is 3.40. The SMILES string of the molecule is Cc1cccc(CN2C(=O)N/C(=C/c3cc(Br)c(Br)o3)C2=O)c1. The summed E-state index contributed by atoms with van der Waals surface area (Å²) in [7, 11) is 0. The van der Waals surface area contributed by atoms with Crippen molar-refractivity contribution in [1.82, 2.24) is 10.2 Å². The number of furan rings is 1. The highest BCUT2D eigenvalue weighted by molar-refractivity contribution is 9.13. The Morgan fingerprint density at radius 1 is 1.26 bits per heavy atom. The molecule has 0 saturated carbocycles.